The maximum Gasteiger partial charge on any atom is 0.272 e. The summed E-state index contributed by atoms with van der Waals surface area (Å²) in [5.74, 6) is -0.840. The number of nitrogens with one attached hydrogen (secondary N) is 3. The Kier molecular flexibility index (Phi) is 6.47. The highest BCUT2D eigenvalue weighted by Gasteiger charge is 2.17. The van der Waals surface area contributed by atoms with E-state index in [1.54, 1.807) is 24.3 Å². The highest BCUT2D eigenvalue weighted by molar-refractivity contribution is 7.89. The molecule has 31 heavy (non-hydrogen) atoms. The number of fused-ring (bicyclic) bond motifs is 1. The summed E-state index contributed by atoms with van der Waals surface area (Å²) in [5.41, 5.74) is 0.725. The Labute approximate surface area is 177 Å². The van der Waals surface area contributed by atoms with Crippen molar-refractivity contribution in [3.63, 3.8) is 0 Å². The number of aromatic nitrogens is 2. The molecule has 0 bridgehead atoms. The molecule has 162 valence electrons. The van der Waals surface area contributed by atoms with Crippen molar-refractivity contribution >= 4 is 32.6 Å². The maximum absolute atomic E-state index is 12.4. The summed E-state index contributed by atoms with van der Waals surface area (Å²) in [6.45, 7) is 1.69. The van der Waals surface area contributed by atoms with E-state index in [0.717, 1.165) is 0 Å². The van der Waals surface area contributed by atoms with Crippen molar-refractivity contribution in [2.45, 2.75) is 30.8 Å². The minimum absolute atomic E-state index is 0.0217. The number of rotatable bonds is 7. The van der Waals surface area contributed by atoms with E-state index in [9.17, 15) is 22.8 Å². The largest absolute Gasteiger partial charge is 0.350 e. The van der Waals surface area contributed by atoms with Crippen molar-refractivity contribution in [1.82, 2.24) is 20.8 Å². The second-order valence-corrected chi connectivity index (χ2v) is 8.48. The number of aromatic amines is 1. The third-order valence-electron chi connectivity index (χ3n) is 4.59. The van der Waals surface area contributed by atoms with Gasteiger partial charge in [-0.1, -0.05) is 30.3 Å². The van der Waals surface area contributed by atoms with Crippen LogP contribution >= 0.6 is 0 Å². The zero-order valence-electron chi connectivity index (χ0n) is 16.6. The molecule has 0 radical (unpaired) electrons. The van der Waals surface area contributed by atoms with Gasteiger partial charge in [-0.15, -0.1) is 0 Å². The SMILES string of the molecule is CC(NC(=O)Cc1n[nH]c(=O)c2ccccc12)C(=O)NCc1ccc(S(N)(=O)=O)cc1. The molecule has 3 aromatic rings. The number of H-pyrrole nitrogens is 1. The Balaban J connectivity index is 1.57. The second-order valence-electron chi connectivity index (χ2n) is 6.92. The first kappa shape index (κ1) is 22.1. The van der Waals surface area contributed by atoms with E-state index >= 15 is 0 Å². The summed E-state index contributed by atoms with van der Waals surface area (Å²) in [4.78, 5) is 36.5. The van der Waals surface area contributed by atoms with Gasteiger partial charge in [-0.25, -0.2) is 18.7 Å². The average Bonchev–Trinajstić information content (AvgIpc) is 2.74. The fourth-order valence-corrected chi connectivity index (χ4v) is 3.47. The Morgan fingerprint density at radius 3 is 2.39 bits per heavy atom. The van der Waals surface area contributed by atoms with E-state index in [1.165, 1.54) is 31.2 Å². The van der Waals surface area contributed by atoms with Crippen molar-refractivity contribution in [3.8, 4) is 0 Å². The molecule has 11 heteroatoms. The van der Waals surface area contributed by atoms with Gasteiger partial charge in [0, 0.05) is 11.9 Å². The second kappa shape index (κ2) is 9.06. The number of nitrogens with two attached hydrogens (primary N) is 1. The van der Waals surface area contributed by atoms with Gasteiger partial charge in [0.25, 0.3) is 5.56 Å². The molecule has 0 saturated carbocycles. The molecule has 10 nitrogen and oxygen atoms in total. The van der Waals surface area contributed by atoms with Gasteiger partial charge in [-0.3, -0.25) is 14.4 Å². The van der Waals surface area contributed by atoms with Crippen molar-refractivity contribution in [3.05, 3.63) is 70.1 Å². The van der Waals surface area contributed by atoms with Crippen LogP contribution in [0.4, 0.5) is 0 Å². The van der Waals surface area contributed by atoms with Crippen LogP contribution in [-0.2, 0) is 32.6 Å². The molecule has 1 unspecified atom stereocenters. The van der Waals surface area contributed by atoms with Gasteiger partial charge in [-0.05, 0) is 30.7 Å². The zero-order valence-corrected chi connectivity index (χ0v) is 17.4. The minimum atomic E-state index is -3.78. The monoisotopic (exact) mass is 443 g/mol. The topological polar surface area (TPSA) is 164 Å². The summed E-state index contributed by atoms with van der Waals surface area (Å²) >= 11 is 0. The summed E-state index contributed by atoms with van der Waals surface area (Å²) in [6, 6.07) is 11.8. The lowest BCUT2D eigenvalue weighted by molar-refractivity contribution is -0.128. The lowest BCUT2D eigenvalue weighted by atomic mass is 10.1. The quantitative estimate of drug-likeness (QED) is 0.399. The number of primary sulfonamides is 1. The van der Waals surface area contributed by atoms with Crippen LogP contribution in [0, 0.1) is 0 Å². The fourth-order valence-electron chi connectivity index (χ4n) is 2.96. The van der Waals surface area contributed by atoms with Gasteiger partial charge in [-0.2, -0.15) is 5.10 Å². The summed E-state index contributed by atoms with van der Waals surface area (Å²) in [6.07, 6.45) is -0.107. The Bertz CT molecular complexity index is 1290. The molecule has 5 N–H and O–H groups in total. The van der Waals surface area contributed by atoms with E-state index in [4.69, 9.17) is 5.14 Å². The first-order chi connectivity index (χ1) is 14.6. The van der Waals surface area contributed by atoms with Crippen molar-refractivity contribution < 1.29 is 18.0 Å². The molecule has 0 aliphatic carbocycles. The average molecular weight is 443 g/mol. The molecular weight excluding hydrogens is 422 g/mol. The normalized spacial score (nSPS) is 12.3. The van der Waals surface area contributed by atoms with Gasteiger partial charge in [0.1, 0.15) is 6.04 Å². The molecule has 2 amide bonds. The van der Waals surface area contributed by atoms with E-state index in [-0.39, 0.29) is 23.4 Å². The van der Waals surface area contributed by atoms with Crippen molar-refractivity contribution in [2.24, 2.45) is 5.14 Å². The Hall–Kier alpha value is -3.57. The van der Waals surface area contributed by atoms with Crippen molar-refractivity contribution in [1.29, 1.82) is 0 Å². The third kappa shape index (κ3) is 5.53. The van der Waals surface area contributed by atoms with E-state index in [2.05, 4.69) is 20.8 Å². The summed E-state index contributed by atoms with van der Waals surface area (Å²) < 4.78 is 22.5. The molecule has 0 aliphatic heterocycles. The first-order valence-electron chi connectivity index (χ1n) is 9.30. The molecular formula is C20H21N5O5S. The molecule has 1 heterocycles. The lowest BCUT2D eigenvalue weighted by Gasteiger charge is -2.14. The third-order valence-corrected chi connectivity index (χ3v) is 5.52. The number of hydrogen-bond donors (Lipinski definition) is 4. The van der Waals surface area contributed by atoms with Crippen LogP contribution in [0.15, 0.2) is 58.2 Å². The standard InChI is InChI=1S/C20H21N5O5S/c1-12(19(27)22-11-13-6-8-14(9-7-13)31(21,29)30)23-18(26)10-17-15-4-2-3-5-16(15)20(28)25-24-17/h2-9,12H,10-11H2,1H3,(H,22,27)(H,23,26)(H,25,28)(H2,21,29,30). The summed E-state index contributed by atoms with van der Waals surface area (Å²) in [5, 5.41) is 17.6. The van der Waals surface area contributed by atoms with Gasteiger partial charge >= 0.3 is 0 Å². The van der Waals surface area contributed by atoms with Crippen molar-refractivity contribution in [2.75, 3.05) is 0 Å². The fraction of sp³-hybridized carbons (Fsp3) is 0.200. The molecule has 0 spiro atoms. The smallest absolute Gasteiger partial charge is 0.272 e. The van der Waals surface area contributed by atoms with E-state index in [1.807, 2.05) is 0 Å². The number of amides is 2. The molecule has 0 saturated heterocycles. The predicted molar refractivity (Wildman–Crippen MR) is 113 cm³/mol. The Morgan fingerprint density at radius 2 is 1.74 bits per heavy atom. The highest BCUT2D eigenvalue weighted by Crippen LogP contribution is 2.13. The van der Waals surface area contributed by atoms with E-state index in [0.29, 0.717) is 22.0 Å². The number of sulfonamides is 1. The molecule has 2 aromatic carbocycles. The van der Waals surface area contributed by atoms with Gasteiger partial charge in [0.05, 0.1) is 22.4 Å². The van der Waals surface area contributed by atoms with Crippen LogP contribution in [-0.4, -0.2) is 36.5 Å². The summed E-state index contributed by atoms with van der Waals surface area (Å²) in [7, 11) is -3.78. The molecule has 1 aromatic heterocycles. The number of carbonyl (C=O) groups is 2. The molecule has 0 aliphatic rings. The molecule has 1 atom stereocenters. The van der Waals surface area contributed by atoms with Crippen LogP contribution in [0.2, 0.25) is 0 Å². The molecule has 3 rings (SSSR count). The predicted octanol–water partition coefficient (Wildman–Crippen LogP) is -0.0659. The molecule has 0 fully saturated rings. The highest BCUT2D eigenvalue weighted by atomic mass is 32.2. The van der Waals surface area contributed by atoms with Gasteiger partial charge < -0.3 is 10.6 Å². The van der Waals surface area contributed by atoms with Crippen LogP contribution in [0.3, 0.4) is 0 Å². The van der Waals surface area contributed by atoms with E-state index < -0.39 is 27.9 Å². The maximum atomic E-state index is 12.4. The first-order valence-corrected chi connectivity index (χ1v) is 10.8. The van der Waals surface area contributed by atoms with Crippen LogP contribution < -0.4 is 21.3 Å². The number of benzene rings is 2. The lowest BCUT2D eigenvalue weighted by Crippen LogP contribution is -2.45. The van der Waals surface area contributed by atoms with Crippen LogP contribution in [0.5, 0.6) is 0 Å². The zero-order chi connectivity index (χ0) is 22.6. The number of carbonyl (C=O) groups excluding carboxylic acids is 2. The number of hydrogen-bond acceptors (Lipinski definition) is 6. The minimum Gasteiger partial charge on any atom is -0.350 e. The van der Waals surface area contributed by atoms with Gasteiger partial charge in [0.2, 0.25) is 21.8 Å². The van der Waals surface area contributed by atoms with Gasteiger partial charge in [0.15, 0.2) is 0 Å². The Morgan fingerprint density at radius 1 is 1.10 bits per heavy atom. The number of nitrogens with zero attached hydrogens (tertiary/aromatic N) is 1. The van der Waals surface area contributed by atoms with Crippen LogP contribution in [0.1, 0.15) is 18.2 Å². The van der Waals surface area contributed by atoms with Crippen LogP contribution in [0.25, 0.3) is 10.8 Å².